The molecule has 1 aliphatic heterocycles. The topological polar surface area (TPSA) is 69.7 Å². The molecule has 1 aromatic carbocycles. The highest BCUT2D eigenvalue weighted by Crippen LogP contribution is 2.53. The van der Waals surface area contributed by atoms with Gasteiger partial charge in [-0.05, 0) is 19.4 Å². The lowest BCUT2D eigenvalue weighted by molar-refractivity contribution is -0.159. The predicted molar refractivity (Wildman–Crippen MR) is 81.8 cm³/mol. The number of hydrogen-bond donors (Lipinski definition) is 0. The summed E-state index contributed by atoms with van der Waals surface area (Å²) in [7, 11) is 0. The van der Waals surface area contributed by atoms with Crippen molar-refractivity contribution in [3.63, 3.8) is 0 Å². The van der Waals surface area contributed by atoms with Crippen LogP contribution in [-0.2, 0) is 24.5 Å². The number of carbonyl (C=O) groups excluding carboxylic acids is 3. The molecule has 0 radical (unpaired) electrons. The number of ether oxygens (including phenoxy) is 2. The molecule has 0 amide bonds. The van der Waals surface area contributed by atoms with Gasteiger partial charge in [-0.2, -0.15) is 0 Å². The van der Waals surface area contributed by atoms with Crippen molar-refractivity contribution in [3.05, 3.63) is 42.0 Å². The van der Waals surface area contributed by atoms with Crippen molar-refractivity contribution in [3.8, 4) is 5.75 Å². The van der Waals surface area contributed by atoms with Crippen LogP contribution in [0.3, 0.4) is 0 Å². The summed E-state index contributed by atoms with van der Waals surface area (Å²) in [6.45, 7) is 1.97. The molecule has 5 heteroatoms. The number of para-hydroxylation sites is 1. The van der Waals surface area contributed by atoms with E-state index in [0.717, 1.165) is 6.29 Å². The van der Waals surface area contributed by atoms with Crippen LogP contribution in [0.5, 0.6) is 5.75 Å². The van der Waals surface area contributed by atoms with Gasteiger partial charge in [0, 0.05) is 17.9 Å². The van der Waals surface area contributed by atoms with Crippen LogP contribution in [0.15, 0.2) is 36.4 Å². The summed E-state index contributed by atoms with van der Waals surface area (Å²) in [6.07, 6.45) is 4.99. The average molecular weight is 314 g/mol. The number of aldehydes is 1. The van der Waals surface area contributed by atoms with Gasteiger partial charge in [-0.3, -0.25) is 9.59 Å². The van der Waals surface area contributed by atoms with Crippen molar-refractivity contribution in [2.45, 2.75) is 25.2 Å². The normalized spacial score (nSPS) is 28.3. The van der Waals surface area contributed by atoms with Crippen molar-refractivity contribution in [2.75, 3.05) is 6.61 Å². The Labute approximate surface area is 134 Å². The summed E-state index contributed by atoms with van der Waals surface area (Å²) in [5, 5.41) is 0. The average Bonchev–Trinajstić information content (AvgIpc) is 2.83. The number of fused-ring (bicyclic) bond motifs is 2. The molecule has 5 nitrogen and oxygen atoms in total. The fourth-order valence-corrected chi connectivity index (χ4v) is 3.74. The van der Waals surface area contributed by atoms with Crippen molar-refractivity contribution < 1.29 is 23.9 Å². The number of carbonyl (C=O) groups is 3. The monoisotopic (exact) mass is 314 g/mol. The van der Waals surface area contributed by atoms with Gasteiger partial charge < -0.3 is 14.3 Å². The van der Waals surface area contributed by atoms with Crippen LogP contribution in [0.25, 0.3) is 0 Å². The Morgan fingerprint density at radius 3 is 2.96 bits per heavy atom. The van der Waals surface area contributed by atoms with Crippen molar-refractivity contribution in [2.24, 2.45) is 11.8 Å². The van der Waals surface area contributed by atoms with Gasteiger partial charge in [0.1, 0.15) is 17.5 Å². The van der Waals surface area contributed by atoms with Crippen LogP contribution in [0.4, 0.5) is 0 Å². The van der Waals surface area contributed by atoms with Gasteiger partial charge in [-0.25, -0.2) is 0 Å². The zero-order valence-electron chi connectivity index (χ0n) is 12.9. The molecule has 0 aromatic heterocycles. The van der Waals surface area contributed by atoms with Crippen LogP contribution < -0.4 is 4.74 Å². The van der Waals surface area contributed by atoms with Crippen LogP contribution in [0.1, 0.15) is 25.3 Å². The molecule has 2 aliphatic rings. The highest BCUT2D eigenvalue weighted by Gasteiger charge is 2.61. The fraction of sp³-hybridized carbons (Fsp3) is 0.389. The van der Waals surface area contributed by atoms with E-state index in [1.54, 1.807) is 31.2 Å². The molecule has 1 heterocycles. The molecule has 0 bridgehead atoms. The molecule has 3 rings (SSSR count). The highest BCUT2D eigenvalue weighted by molar-refractivity contribution is 5.97. The molecule has 1 spiro atoms. The molecule has 0 N–H and O–H groups in total. The Bertz CT molecular complexity index is 678. The van der Waals surface area contributed by atoms with E-state index in [1.807, 2.05) is 12.2 Å². The number of hydrogen-bond acceptors (Lipinski definition) is 5. The fourth-order valence-electron chi connectivity index (χ4n) is 3.74. The third-order valence-corrected chi connectivity index (χ3v) is 4.67. The largest absolute Gasteiger partial charge is 0.466 e. The summed E-state index contributed by atoms with van der Waals surface area (Å²) in [5.41, 5.74) is -0.516. The van der Waals surface area contributed by atoms with Gasteiger partial charge in [-0.1, -0.05) is 30.4 Å². The lowest BCUT2D eigenvalue weighted by Gasteiger charge is -2.40. The Hall–Kier alpha value is -2.43. The van der Waals surface area contributed by atoms with Crippen LogP contribution in [0.2, 0.25) is 0 Å². The van der Waals surface area contributed by atoms with Gasteiger partial charge in [0.2, 0.25) is 0 Å². The standard InChI is InChI=1S/C18H18O5/c1-2-22-16(20)14-8-5-6-12(10-11-19)18(14)13-7-3-4-9-15(13)23-17(18)21/h3-7,9,11-12,14H,2,8,10H2,1H3/t12-,14-,18-/m1/s1. The highest BCUT2D eigenvalue weighted by atomic mass is 16.5. The second-order valence-corrected chi connectivity index (χ2v) is 5.73. The Morgan fingerprint density at radius 2 is 2.22 bits per heavy atom. The molecule has 0 fully saturated rings. The van der Waals surface area contributed by atoms with Crippen LogP contribution in [0, 0.1) is 11.8 Å². The molecule has 3 atom stereocenters. The van der Waals surface area contributed by atoms with Crippen molar-refractivity contribution in [1.29, 1.82) is 0 Å². The van der Waals surface area contributed by atoms with E-state index in [2.05, 4.69) is 0 Å². The first-order chi connectivity index (χ1) is 11.2. The van der Waals surface area contributed by atoms with E-state index >= 15 is 0 Å². The summed E-state index contributed by atoms with van der Waals surface area (Å²) in [5.74, 6) is -1.56. The quantitative estimate of drug-likeness (QED) is 0.369. The first-order valence-electron chi connectivity index (χ1n) is 7.75. The summed E-state index contributed by atoms with van der Waals surface area (Å²) in [4.78, 5) is 36.5. The van der Waals surface area contributed by atoms with E-state index < -0.39 is 29.2 Å². The molecule has 1 aliphatic carbocycles. The van der Waals surface area contributed by atoms with Crippen LogP contribution in [-0.4, -0.2) is 24.8 Å². The molecule has 0 unspecified atom stereocenters. The van der Waals surface area contributed by atoms with E-state index in [9.17, 15) is 14.4 Å². The number of rotatable bonds is 4. The van der Waals surface area contributed by atoms with Gasteiger partial charge in [-0.15, -0.1) is 0 Å². The number of allylic oxidation sites excluding steroid dienone is 2. The maximum atomic E-state index is 12.8. The molecule has 120 valence electrons. The second-order valence-electron chi connectivity index (χ2n) is 5.73. The van der Waals surface area contributed by atoms with E-state index in [1.165, 1.54) is 0 Å². The second kappa shape index (κ2) is 5.99. The third kappa shape index (κ3) is 2.19. The summed E-state index contributed by atoms with van der Waals surface area (Å²) >= 11 is 0. The van der Waals surface area contributed by atoms with Crippen LogP contribution >= 0.6 is 0 Å². The lowest BCUT2D eigenvalue weighted by atomic mass is 9.59. The molecule has 23 heavy (non-hydrogen) atoms. The van der Waals surface area contributed by atoms with Gasteiger partial charge in [0.15, 0.2) is 0 Å². The first kappa shape index (κ1) is 15.5. The zero-order valence-corrected chi connectivity index (χ0v) is 12.9. The predicted octanol–water partition coefficient (Wildman–Crippen LogP) is 2.19. The Morgan fingerprint density at radius 1 is 1.43 bits per heavy atom. The van der Waals surface area contributed by atoms with Gasteiger partial charge >= 0.3 is 11.9 Å². The first-order valence-corrected chi connectivity index (χ1v) is 7.75. The maximum absolute atomic E-state index is 12.8. The van der Waals surface area contributed by atoms with Gasteiger partial charge in [0.25, 0.3) is 0 Å². The summed E-state index contributed by atoms with van der Waals surface area (Å²) < 4.78 is 10.6. The third-order valence-electron chi connectivity index (χ3n) is 4.67. The number of esters is 2. The van der Waals surface area contributed by atoms with E-state index in [0.29, 0.717) is 17.7 Å². The van der Waals surface area contributed by atoms with Crippen molar-refractivity contribution >= 4 is 18.2 Å². The Kier molecular flexibility index (Phi) is 4.03. The van der Waals surface area contributed by atoms with E-state index in [-0.39, 0.29) is 13.0 Å². The van der Waals surface area contributed by atoms with Crippen molar-refractivity contribution in [1.82, 2.24) is 0 Å². The minimum atomic E-state index is -1.18. The Balaban J connectivity index is 2.19. The molecule has 0 saturated heterocycles. The minimum absolute atomic E-state index is 0.149. The van der Waals surface area contributed by atoms with Gasteiger partial charge in [0.05, 0.1) is 12.5 Å². The molecular weight excluding hydrogens is 296 g/mol. The summed E-state index contributed by atoms with van der Waals surface area (Å²) in [6, 6.07) is 7.09. The maximum Gasteiger partial charge on any atom is 0.323 e. The number of benzene rings is 1. The smallest absolute Gasteiger partial charge is 0.323 e. The molecule has 0 saturated carbocycles. The zero-order chi connectivity index (χ0) is 16.4. The molecule has 1 aromatic rings. The SMILES string of the molecule is CCOC(=O)[C@H]1CC=C[C@H](CC=O)[C@]12C(=O)Oc1ccccc12. The van der Waals surface area contributed by atoms with E-state index in [4.69, 9.17) is 9.47 Å². The lowest BCUT2D eigenvalue weighted by Crippen LogP contribution is -2.52. The minimum Gasteiger partial charge on any atom is -0.466 e. The molecular formula is C18H18O5.